The molecule has 1 heterocycles. The molecule has 0 spiro atoms. The van der Waals surface area contributed by atoms with Crippen LogP contribution in [0.15, 0.2) is 60.8 Å². The van der Waals surface area contributed by atoms with E-state index >= 15 is 0 Å². The first-order valence-electron chi connectivity index (χ1n) is 6.60. The fraction of sp³-hybridized carbons (Fsp3) is 0.0625. The number of aromatic carboxylic acids is 1. The van der Waals surface area contributed by atoms with Gasteiger partial charge in [-0.3, -0.25) is 4.79 Å². The van der Waals surface area contributed by atoms with Crippen molar-refractivity contribution in [3.05, 3.63) is 66.5 Å². The minimum absolute atomic E-state index is 0.0218. The third-order valence-corrected chi connectivity index (χ3v) is 2.76. The van der Waals surface area contributed by atoms with E-state index in [4.69, 9.17) is 5.11 Å². The molecule has 1 aromatic heterocycles. The van der Waals surface area contributed by atoms with Crippen molar-refractivity contribution in [2.75, 3.05) is 5.32 Å². The molecule has 0 fully saturated rings. The molecule has 0 saturated carbocycles. The van der Waals surface area contributed by atoms with Crippen LogP contribution in [0.5, 0.6) is 0 Å². The van der Waals surface area contributed by atoms with Crippen LogP contribution in [0.3, 0.4) is 0 Å². The third kappa shape index (κ3) is 3.92. The van der Waals surface area contributed by atoms with Gasteiger partial charge in [-0.15, -0.1) is 0 Å². The molecular formula is C16H15N3O3. The van der Waals surface area contributed by atoms with Gasteiger partial charge in [0.1, 0.15) is 0 Å². The number of carbonyl (C=O) groups excluding carboxylic acids is 1. The van der Waals surface area contributed by atoms with E-state index < -0.39 is 5.97 Å². The highest BCUT2D eigenvalue weighted by atomic mass is 16.4. The summed E-state index contributed by atoms with van der Waals surface area (Å²) in [6.45, 7) is 1.87. The number of carboxylic acids is 1. The largest absolute Gasteiger partial charge is 0.476 e. The SMILES string of the molecule is CC=CC=CC(=O)Nc1ccc(-n2ccc(C(=O)O)n2)cc1. The number of carbonyl (C=O) groups is 2. The molecule has 0 aliphatic carbocycles. The Labute approximate surface area is 127 Å². The highest BCUT2D eigenvalue weighted by Crippen LogP contribution is 2.13. The topological polar surface area (TPSA) is 84.2 Å². The van der Waals surface area contributed by atoms with Crippen LogP contribution in [-0.4, -0.2) is 26.8 Å². The van der Waals surface area contributed by atoms with Crippen molar-refractivity contribution in [3.8, 4) is 5.69 Å². The monoisotopic (exact) mass is 297 g/mol. The first kappa shape index (κ1) is 15.2. The van der Waals surface area contributed by atoms with Gasteiger partial charge in [0.15, 0.2) is 5.69 Å². The van der Waals surface area contributed by atoms with Crippen molar-refractivity contribution in [3.63, 3.8) is 0 Å². The van der Waals surface area contributed by atoms with Crippen molar-refractivity contribution in [1.29, 1.82) is 0 Å². The first-order chi connectivity index (χ1) is 10.6. The normalized spacial score (nSPS) is 11.1. The van der Waals surface area contributed by atoms with Crippen LogP contribution in [-0.2, 0) is 4.79 Å². The summed E-state index contributed by atoms with van der Waals surface area (Å²) >= 11 is 0. The molecule has 0 unspecified atom stereocenters. The van der Waals surface area contributed by atoms with Gasteiger partial charge >= 0.3 is 5.97 Å². The van der Waals surface area contributed by atoms with Gasteiger partial charge in [0.2, 0.25) is 5.91 Å². The quantitative estimate of drug-likeness (QED) is 0.656. The molecule has 0 atom stereocenters. The summed E-state index contributed by atoms with van der Waals surface area (Å²) in [5.74, 6) is -1.30. The predicted octanol–water partition coefficient (Wildman–Crippen LogP) is 2.64. The molecule has 2 N–H and O–H groups in total. The van der Waals surface area contributed by atoms with Crippen LogP contribution in [0.2, 0.25) is 0 Å². The molecular weight excluding hydrogens is 282 g/mol. The number of amides is 1. The van der Waals surface area contributed by atoms with Gasteiger partial charge in [-0.05, 0) is 37.3 Å². The summed E-state index contributed by atoms with van der Waals surface area (Å²) in [7, 11) is 0. The first-order valence-corrected chi connectivity index (χ1v) is 6.60. The lowest BCUT2D eigenvalue weighted by molar-refractivity contribution is -0.111. The van der Waals surface area contributed by atoms with Crippen molar-refractivity contribution < 1.29 is 14.7 Å². The molecule has 2 rings (SSSR count). The summed E-state index contributed by atoms with van der Waals surface area (Å²) in [6, 6.07) is 8.34. The zero-order valence-corrected chi connectivity index (χ0v) is 11.9. The highest BCUT2D eigenvalue weighted by molar-refractivity contribution is 5.99. The molecule has 6 heteroatoms. The molecule has 6 nitrogen and oxygen atoms in total. The minimum Gasteiger partial charge on any atom is -0.476 e. The van der Waals surface area contributed by atoms with Crippen LogP contribution in [0.1, 0.15) is 17.4 Å². The minimum atomic E-state index is -1.07. The molecule has 0 aliphatic heterocycles. The zero-order valence-electron chi connectivity index (χ0n) is 11.9. The van der Waals surface area contributed by atoms with Crippen LogP contribution in [0.4, 0.5) is 5.69 Å². The van der Waals surface area contributed by atoms with Crippen LogP contribution in [0, 0.1) is 0 Å². The van der Waals surface area contributed by atoms with Crippen LogP contribution >= 0.6 is 0 Å². The molecule has 1 amide bonds. The van der Waals surface area contributed by atoms with Gasteiger partial charge in [0.25, 0.3) is 0 Å². The van der Waals surface area contributed by atoms with Gasteiger partial charge < -0.3 is 10.4 Å². The molecule has 0 saturated heterocycles. The lowest BCUT2D eigenvalue weighted by Crippen LogP contribution is -2.07. The summed E-state index contributed by atoms with van der Waals surface area (Å²) in [5, 5.41) is 15.5. The highest BCUT2D eigenvalue weighted by Gasteiger charge is 2.07. The number of hydrogen-bond acceptors (Lipinski definition) is 3. The Hall–Kier alpha value is -3.15. The molecule has 22 heavy (non-hydrogen) atoms. The van der Waals surface area contributed by atoms with Gasteiger partial charge in [-0.2, -0.15) is 5.10 Å². The molecule has 0 radical (unpaired) electrons. The van der Waals surface area contributed by atoms with E-state index in [1.807, 2.05) is 13.0 Å². The maximum atomic E-state index is 11.6. The number of benzene rings is 1. The molecule has 2 aromatic rings. The number of aromatic nitrogens is 2. The smallest absolute Gasteiger partial charge is 0.356 e. The lowest BCUT2D eigenvalue weighted by Gasteiger charge is -2.04. The zero-order chi connectivity index (χ0) is 15.9. The van der Waals surface area contributed by atoms with E-state index in [2.05, 4.69) is 10.4 Å². The number of rotatable bonds is 5. The molecule has 0 aliphatic rings. The number of nitrogens with one attached hydrogen (secondary N) is 1. The number of allylic oxidation sites excluding steroid dienone is 3. The molecule has 112 valence electrons. The van der Waals surface area contributed by atoms with Crippen molar-refractivity contribution in [1.82, 2.24) is 9.78 Å². The molecule has 1 aromatic carbocycles. The van der Waals surface area contributed by atoms with Gasteiger partial charge in [-0.25, -0.2) is 9.48 Å². The number of nitrogens with zero attached hydrogens (tertiary/aromatic N) is 2. The standard InChI is InChI=1S/C16H15N3O3/c1-2-3-4-5-15(20)17-12-6-8-13(9-7-12)19-11-10-14(18-19)16(21)22/h2-11H,1H3,(H,17,20)(H,21,22). The summed E-state index contributed by atoms with van der Waals surface area (Å²) in [5.41, 5.74) is 1.32. The Morgan fingerprint density at radius 1 is 1.18 bits per heavy atom. The Balaban J connectivity index is 2.06. The van der Waals surface area contributed by atoms with Crippen molar-refractivity contribution in [2.24, 2.45) is 0 Å². The Bertz CT molecular complexity index is 727. The van der Waals surface area contributed by atoms with Gasteiger partial charge in [-0.1, -0.05) is 18.2 Å². The number of hydrogen-bond donors (Lipinski definition) is 2. The van der Waals surface area contributed by atoms with E-state index in [1.165, 1.54) is 16.8 Å². The van der Waals surface area contributed by atoms with E-state index in [-0.39, 0.29) is 11.6 Å². The second-order valence-electron chi connectivity index (χ2n) is 4.37. The Morgan fingerprint density at radius 3 is 2.50 bits per heavy atom. The third-order valence-electron chi connectivity index (χ3n) is 2.76. The fourth-order valence-electron chi connectivity index (χ4n) is 1.72. The molecule has 0 bridgehead atoms. The number of carboxylic acid groups (broad SMARTS) is 1. The fourth-order valence-corrected chi connectivity index (χ4v) is 1.72. The summed E-state index contributed by atoms with van der Waals surface area (Å²) in [6.07, 6.45) is 8.24. The van der Waals surface area contributed by atoms with Gasteiger partial charge in [0, 0.05) is 18.0 Å². The average molecular weight is 297 g/mol. The number of anilines is 1. The van der Waals surface area contributed by atoms with E-state index in [0.29, 0.717) is 11.4 Å². The Morgan fingerprint density at radius 2 is 1.91 bits per heavy atom. The van der Waals surface area contributed by atoms with Gasteiger partial charge in [0.05, 0.1) is 5.69 Å². The second kappa shape index (κ2) is 7.03. The summed E-state index contributed by atoms with van der Waals surface area (Å²) < 4.78 is 1.46. The maximum absolute atomic E-state index is 11.6. The van der Waals surface area contributed by atoms with Crippen LogP contribution < -0.4 is 5.32 Å². The predicted molar refractivity (Wildman–Crippen MR) is 83.1 cm³/mol. The van der Waals surface area contributed by atoms with E-state index in [1.54, 1.807) is 42.6 Å². The second-order valence-corrected chi connectivity index (χ2v) is 4.37. The maximum Gasteiger partial charge on any atom is 0.356 e. The average Bonchev–Trinajstić information content (AvgIpc) is 2.98. The van der Waals surface area contributed by atoms with Crippen molar-refractivity contribution >= 4 is 17.6 Å². The van der Waals surface area contributed by atoms with Crippen molar-refractivity contribution in [2.45, 2.75) is 6.92 Å². The summed E-state index contributed by atoms with van der Waals surface area (Å²) in [4.78, 5) is 22.4. The Kier molecular flexibility index (Phi) is 4.87. The van der Waals surface area contributed by atoms with Crippen LogP contribution in [0.25, 0.3) is 5.69 Å². The lowest BCUT2D eigenvalue weighted by atomic mass is 10.2. The van der Waals surface area contributed by atoms with E-state index in [9.17, 15) is 9.59 Å². The van der Waals surface area contributed by atoms with E-state index in [0.717, 1.165) is 0 Å².